The molecule has 1 aromatic heterocycles. The molecule has 1 saturated carbocycles. The second kappa shape index (κ2) is 5.15. The van der Waals surface area contributed by atoms with Crippen LogP contribution in [0.1, 0.15) is 39.5 Å². The maximum Gasteiger partial charge on any atom is 0.143 e. The van der Waals surface area contributed by atoms with Crippen LogP contribution in [0.25, 0.3) is 0 Å². The summed E-state index contributed by atoms with van der Waals surface area (Å²) in [6.07, 6.45) is 6.88. The highest BCUT2D eigenvalue weighted by molar-refractivity contribution is 9.10. The first-order valence-corrected chi connectivity index (χ1v) is 7.21. The summed E-state index contributed by atoms with van der Waals surface area (Å²) in [6, 6.07) is 2.55. The van der Waals surface area contributed by atoms with Crippen LogP contribution >= 0.6 is 27.5 Å². The normalized spacial score (nSPS) is 23.4. The first-order chi connectivity index (χ1) is 7.96. The van der Waals surface area contributed by atoms with Crippen molar-refractivity contribution in [2.75, 3.05) is 5.32 Å². The van der Waals surface area contributed by atoms with Gasteiger partial charge in [-0.3, -0.25) is 0 Å². The molecule has 0 amide bonds. The quantitative estimate of drug-likeness (QED) is 0.786. The van der Waals surface area contributed by atoms with E-state index in [1.807, 2.05) is 6.07 Å². The minimum atomic E-state index is 0.451. The lowest BCUT2D eigenvalue weighted by molar-refractivity contribution is 0.229. The summed E-state index contributed by atoms with van der Waals surface area (Å²) in [5, 5.41) is 4.07. The van der Waals surface area contributed by atoms with Gasteiger partial charge in [-0.15, -0.1) is 0 Å². The van der Waals surface area contributed by atoms with Crippen molar-refractivity contribution in [2.24, 2.45) is 5.41 Å². The molecule has 1 aromatic rings. The highest BCUT2D eigenvalue weighted by Gasteiger charge is 2.27. The Hall–Kier alpha value is -0.280. The fraction of sp³-hybridized carbons (Fsp3) is 0.615. The van der Waals surface area contributed by atoms with E-state index in [1.54, 1.807) is 6.20 Å². The Bertz CT molecular complexity index is 406. The van der Waals surface area contributed by atoms with Crippen molar-refractivity contribution in [3.8, 4) is 0 Å². The molecule has 2 rings (SSSR count). The van der Waals surface area contributed by atoms with Crippen LogP contribution < -0.4 is 5.32 Å². The topological polar surface area (TPSA) is 24.9 Å². The summed E-state index contributed by atoms with van der Waals surface area (Å²) >= 11 is 9.28. The third-order valence-electron chi connectivity index (χ3n) is 3.37. The lowest BCUT2D eigenvalue weighted by atomic mass is 9.75. The molecule has 1 aliphatic rings. The number of rotatable bonds is 2. The first kappa shape index (κ1) is 13.2. The fourth-order valence-electron chi connectivity index (χ4n) is 2.56. The van der Waals surface area contributed by atoms with Crippen LogP contribution in [0.15, 0.2) is 16.7 Å². The zero-order valence-electron chi connectivity index (χ0n) is 10.3. The smallest absolute Gasteiger partial charge is 0.143 e. The third-order valence-corrected chi connectivity index (χ3v) is 4.51. The molecule has 1 fully saturated rings. The molecule has 4 heteroatoms. The van der Waals surface area contributed by atoms with Crippen molar-refractivity contribution in [3.05, 3.63) is 21.9 Å². The van der Waals surface area contributed by atoms with E-state index in [1.165, 1.54) is 25.7 Å². The summed E-state index contributed by atoms with van der Waals surface area (Å²) in [5.41, 5.74) is 1.50. The maximum absolute atomic E-state index is 5.88. The number of pyridine rings is 1. The first-order valence-electron chi connectivity index (χ1n) is 6.04. The van der Waals surface area contributed by atoms with Crippen molar-refractivity contribution < 1.29 is 0 Å². The maximum atomic E-state index is 5.88. The molecule has 0 radical (unpaired) electrons. The standard InChI is InChI=1S/C13H18BrClN2/c1-13(2)5-3-4-9(7-13)17-10-6-11(14)12(15)16-8-10/h6,8-9,17H,3-5,7H2,1-2H3. The molecule has 94 valence electrons. The van der Waals surface area contributed by atoms with Crippen molar-refractivity contribution in [1.82, 2.24) is 4.98 Å². The number of anilines is 1. The second-order valence-corrected chi connectivity index (χ2v) is 6.81. The SMILES string of the molecule is CC1(C)CCCC(Nc2cnc(Cl)c(Br)c2)C1. The van der Waals surface area contributed by atoms with Gasteiger partial charge in [-0.1, -0.05) is 31.9 Å². The molecule has 0 bridgehead atoms. The van der Waals surface area contributed by atoms with Crippen LogP contribution in [0, 0.1) is 5.41 Å². The monoisotopic (exact) mass is 316 g/mol. The molecule has 0 saturated heterocycles. The van der Waals surface area contributed by atoms with Crippen molar-refractivity contribution in [3.63, 3.8) is 0 Å². The zero-order valence-corrected chi connectivity index (χ0v) is 12.6. The van der Waals surface area contributed by atoms with Gasteiger partial charge in [0.15, 0.2) is 0 Å². The molecule has 1 N–H and O–H groups in total. The van der Waals surface area contributed by atoms with E-state index in [4.69, 9.17) is 11.6 Å². The van der Waals surface area contributed by atoms with E-state index in [9.17, 15) is 0 Å². The molecule has 1 aliphatic carbocycles. The van der Waals surface area contributed by atoms with Gasteiger partial charge in [0.2, 0.25) is 0 Å². The van der Waals surface area contributed by atoms with Crippen molar-refractivity contribution in [1.29, 1.82) is 0 Å². The van der Waals surface area contributed by atoms with Gasteiger partial charge in [0.1, 0.15) is 5.15 Å². The molecule has 17 heavy (non-hydrogen) atoms. The molecule has 2 nitrogen and oxygen atoms in total. The van der Waals surface area contributed by atoms with Crippen LogP contribution in [0.4, 0.5) is 5.69 Å². The van der Waals surface area contributed by atoms with Crippen LogP contribution in [-0.2, 0) is 0 Å². The van der Waals surface area contributed by atoms with Gasteiger partial charge in [-0.05, 0) is 46.7 Å². The van der Waals surface area contributed by atoms with Gasteiger partial charge in [0.05, 0.1) is 16.4 Å². The van der Waals surface area contributed by atoms with Gasteiger partial charge >= 0.3 is 0 Å². The van der Waals surface area contributed by atoms with E-state index in [2.05, 4.69) is 40.1 Å². The van der Waals surface area contributed by atoms with Crippen molar-refractivity contribution in [2.45, 2.75) is 45.6 Å². The zero-order chi connectivity index (χ0) is 12.5. The number of hydrogen-bond acceptors (Lipinski definition) is 2. The molecule has 1 atom stereocenters. The number of nitrogens with zero attached hydrogens (tertiary/aromatic N) is 1. The van der Waals surface area contributed by atoms with E-state index >= 15 is 0 Å². The van der Waals surface area contributed by atoms with Gasteiger partial charge in [0, 0.05) is 6.04 Å². The largest absolute Gasteiger partial charge is 0.381 e. The van der Waals surface area contributed by atoms with Crippen LogP contribution in [0.3, 0.4) is 0 Å². The molecule has 0 spiro atoms. The van der Waals surface area contributed by atoms with Crippen LogP contribution in [0.2, 0.25) is 5.15 Å². The highest BCUT2D eigenvalue weighted by Crippen LogP contribution is 2.36. The summed E-state index contributed by atoms with van der Waals surface area (Å²) in [4.78, 5) is 4.14. The number of halogens is 2. The van der Waals surface area contributed by atoms with E-state index in [-0.39, 0.29) is 0 Å². The summed E-state index contributed by atoms with van der Waals surface area (Å²) < 4.78 is 0.847. The van der Waals surface area contributed by atoms with E-state index in [0.717, 1.165) is 10.2 Å². The third kappa shape index (κ3) is 3.59. The number of hydrogen-bond donors (Lipinski definition) is 1. The summed E-state index contributed by atoms with van der Waals surface area (Å²) in [7, 11) is 0. The number of nitrogens with one attached hydrogen (secondary N) is 1. The molecular formula is C13H18BrClN2. The number of aromatic nitrogens is 1. The Labute approximate surface area is 116 Å². The van der Waals surface area contributed by atoms with Crippen LogP contribution in [-0.4, -0.2) is 11.0 Å². The van der Waals surface area contributed by atoms with Gasteiger partial charge < -0.3 is 5.32 Å². The molecule has 1 heterocycles. The second-order valence-electron chi connectivity index (χ2n) is 5.60. The lowest BCUT2D eigenvalue weighted by Gasteiger charge is -2.36. The fourth-order valence-corrected chi connectivity index (χ4v) is 3.01. The van der Waals surface area contributed by atoms with E-state index in [0.29, 0.717) is 16.6 Å². The average Bonchev–Trinajstić information content (AvgIpc) is 2.22. The highest BCUT2D eigenvalue weighted by atomic mass is 79.9. The Kier molecular flexibility index (Phi) is 3.99. The summed E-state index contributed by atoms with van der Waals surface area (Å²) in [6.45, 7) is 4.69. The predicted octanol–water partition coefficient (Wildman–Crippen LogP) is 4.88. The minimum Gasteiger partial charge on any atom is -0.381 e. The van der Waals surface area contributed by atoms with Gasteiger partial charge in [-0.25, -0.2) is 4.98 Å². The Morgan fingerprint density at radius 1 is 1.53 bits per heavy atom. The minimum absolute atomic E-state index is 0.451. The van der Waals surface area contributed by atoms with Gasteiger partial charge in [-0.2, -0.15) is 0 Å². The van der Waals surface area contributed by atoms with Crippen molar-refractivity contribution >= 4 is 33.2 Å². The molecular weight excluding hydrogens is 300 g/mol. The molecule has 0 aromatic carbocycles. The molecule has 0 aliphatic heterocycles. The Balaban J connectivity index is 2.03. The average molecular weight is 318 g/mol. The predicted molar refractivity (Wildman–Crippen MR) is 76.6 cm³/mol. The Morgan fingerprint density at radius 2 is 2.29 bits per heavy atom. The Morgan fingerprint density at radius 3 is 2.94 bits per heavy atom. The molecule has 1 unspecified atom stereocenters. The lowest BCUT2D eigenvalue weighted by Crippen LogP contribution is -2.31. The van der Waals surface area contributed by atoms with Crippen LogP contribution in [0.5, 0.6) is 0 Å². The van der Waals surface area contributed by atoms with E-state index < -0.39 is 0 Å². The summed E-state index contributed by atoms with van der Waals surface area (Å²) in [5.74, 6) is 0. The van der Waals surface area contributed by atoms with Gasteiger partial charge in [0.25, 0.3) is 0 Å².